The molecule has 0 radical (unpaired) electrons. The van der Waals surface area contributed by atoms with Crippen LogP contribution in [0.15, 0.2) is 158 Å². The van der Waals surface area contributed by atoms with Crippen LogP contribution >= 0.6 is 0 Å². The second kappa shape index (κ2) is 8.95. The van der Waals surface area contributed by atoms with E-state index in [1.807, 2.05) is 0 Å². The van der Waals surface area contributed by atoms with Gasteiger partial charge in [0.15, 0.2) is 0 Å². The van der Waals surface area contributed by atoms with Crippen molar-refractivity contribution in [3.8, 4) is 22.5 Å². The normalized spacial score (nSPS) is 11.8. The molecule has 196 valence electrons. The van der Waals surface area contributed by atoms with Gasteiger partial charge in [-0.1, -0.05) is 109 Å². The summed E-state index contributed by atoms with van der Waals surface area (Å²) in [5, 5.41) is 7.66. The summed E-state index contributed by atoms with van der Waals surface area (Å²) in [7, 11) is 0. The number of para-hydroxylation sites is 4. The fourth-order valence-corrected chi connectivity index (χ4v) is 6.92. The fraction of sp³-hybridized carbons (Fsp3) is 0. The van der Waals surface area contributed by atoms with Crippen LogP contribution in [0, 0.1) is 0 Å². The summed E-state index contributed by atoms with van der Waals surface area (Å²) in [6.45, 7) is 0. The molecular weight excluding hydrogens is 508 g/mol. The molecule has 0 unspecified atom stereocenters. The second-order valence-corrected chi connectivity index (χ2v) is 11.0. The lowest BCUT2D eigenvalue weighted by atomic mass is 9.94. The first-order valence-corrected chi connectivity index (χ1v) is 14.5. The molecule has 2 nitrogen and oxygen atoms in total. The average Bonchev–Trinajstić information content (AvgIpc) is 3.58. The quantitative estimate of drug-likeness (QED) is 0.213. The summed E-state index contributed by atoms with van der Waals surface area (Å²) in [5.41, 5.74) is 9.68. The third-order valence-electron chi connectivity index (χ3n) is 8.69. The lowest BCUT2D eigenvalue weighted by Gasteiger charge is -2.13. The number of nitrogens with zero attached hydrogens (tertiary/aromatic N) is 2. The zero-order valence-electron chi connectivity index (χ0n) is 22.9. The van der Waals surface area contributed by atoms with Crippen molar-refractivity contribution in [1.29, 1.82) is 0 Å². The monoisotopic (exact) mass is 534 g/mol. The van der Waals surface area contributed by atoms with Gasteiger partial charge in [-0.05, 0) is 70.4 Å². The zero-order valence-corrected chi connectivity index (χ0v) is 22.9. The molecular formula is C40H26N2. The lowest BCUT2D eigenvalue weighted by molar-refractivity contribution is 1.18. The van der Waals surface area contributed by atoms with Gasteiger partial charge < -0.3 is 9.13 Å². The molecule has 0 atom stereocenters. The molecule has 0 saturated heterocycles. The van der Waals surface area contributed by atoms with Gasteiger partial charge in [0.1, 0.15) is 0 Å². The Morgan fingerprint density at radius 1 is 0.310 bits per heavy atom. The Kier molecular flexibility index (Phi) is 4.93. The SMILES string of the molecule is c1ccc(-n2c3ccccc3c3ccc(-c4cc5c(c6ccccc46)c4ccccc4n5-c4ccccc4)cc32)cc1. The van der Waals surface area contributed by atoms with Gasteiger partial charge in [-0.3, -0.25) is 0 Å². The minimum atomic E-state index is 1.17. The summed E-state index contributed by atoms with van der Waals surface area (Å²) < 4.78 is 4.82. The van der Waals surface area contributed by atoms with E-state index in [1.165, 1.54) is 76.9 Å². The van der Waals surface area contributed by atoms with Crippen LogP contribution in [0.1, 0.15) is 0 Å². The molecule has 42 heavy (non-hydrogen) atoms. The summed E-state index contributed by atoms with van der Waals surface area (Å²) in [4.78, 5) is 0. The first-order chi connectivity index (χ1) is 20.9. The van der Waals surface area contributed by atoms with Crippen molar-refractivity contribution in [2.45, 2.75) is 0 Å². The van der Waals surface area contributed by atoms with Crippen LogP contribution in [-0.4, -0.2) is 9.13 Å². The van der Waals surface area contributed by atoms with Gasteiger partial charge >= 0.3 is 0 Å². The lowest BCUT2D eigenvalue weighted by Crippen LogP contribution is -1.94. The number of hydrogen-bond acceptors (Lipinski definition) is 0. The number of benzene rings is 7. The van der Waals surface area contributed by atoms with Crippen molar-refractivity contribution in [3.05, 3.63) is 158 Å². The number of rotatable bonds is 3. The largest absolute Gasteiger partial charge is 0.309 e. The van der Waals surface area contributed by atoms with Crippen molar-refractivity contribution < 1.29 is 0 Å². The van der Waals surface area contributed by atoms with Crippen molar-refractivity contribution in [2.75, 3.05) is 0 Å². The van der Waals surface area contributed by atoms with Crippen molar-refractivity contribution >= 4 is 54.4 Å². The maximum atomic E-state index is 2.42. The van der Waals surface area contributed by atoms with Crippen LogP contribution in [0.4, 0.5) is 0 Å². The van der Waals surface area contributed by atoms with E-state index in [9.17, 15) is 0 Å². The van der Waals surface area contributed by atoms with Crippen LogP contribution in [0.5, 0.6) is 0 Å². The molecule has 0 spiro atoms. The second-order valence-electron chi connectivity index (χ2n) is 11.0. The van der Waals surface area contributed by atoms with Gasteiger partial charge in [-0.25, -0.2) is 0 Å². The Morgan fingerprint density at radius 3 is 1.50 bits per heavy atom. The minimum Gasteiger partial charge on any atom is -0.309 e. The Labute approximate surface area is 243 Å². The van der Waals surface area contributed by atoms with Crippen LogP contribution < -0.4 is 0 Å². The molecule has 2 heteroatoms. The molecule has 9 rings (SSSR count). The molecule has 0 aliphatic rings. The Bertz CT molecular complexity index is 2440. The molecule has 2 aromatic heterocycles. The number of aromatic nitrogens is 2. The molecule has 2 heterocycles. The van der Waals surface area contributed by atoms with Crippen LogP contribution in [0.2, 0.25) is 0 Å². The van der Waals surface area contributed by atoms with Crippen molar-refractivity contribution in [3.63, 3.8) is 0 Å². The van der Waals surface area contributed by atoms with Crippen LogP contribution in [0.25, 0.3) is 76.9 Å². The third kappa shape index (κ3) is 3.27. The highest BCUT2D eigenvalue weighted by Crippen LogP contribution is 2.42. The molecule has 0 amide bonds. The maximum absolute atomic E-state index is 2.42. The topological polar surface area (TPSA) is 9.86 Å². The molecule has 0 aliphatic heterocycles. The van der Waals surface area contributed by atoms with Crippen LogP contribution in [-0.2, 0) is 0 Å². The maximum Gasteiger partial charge on any atom is 0.0553 e. The van der Waals surface area contributed by atoms with Gasteiger partial charge in [0.05, 0.1) is 22.1 Å². The Morgan fingerprint density at radius 2 is 0.810 bits per heavy atom. The molecule has 0 fully saturated rings. The summed E-state index contributed by atoms with van der Waals surface area (Å²) in [5.74, 6) is 0. The highest BCUT2D eigenvalue weighted by molar-refractivity contribution is 6.24. The first kappa shape index (κ1) is 23.1. The van der Waals surface area contributed by atoms with E-state index >= 15 is 0 Å². The Hall–Kier alpha value is -5.60. The summed E-state index contributed by atoms with van der Waals surface area (Å²) in [6, 6.07) is 57.2. The van der Waals surface area contributed by atoms with E-state index in [1.54, 1.807) is 0 Å². The molecule has 9 aromatic rings. The molecule has 0 aliphatic carbocycles. The van der Waals surface area contributed by atoms with E-state index in [4.69, 9.17) is 0 Å². The van der Waals surface area contributed by atoms with Gasteiger partial charge in [0.2, 0.25) is 0 Å². The predicted molar refractivity (Wildman–Crippen MR) is 178 cm³/mol. The zero-order chi connectivity index (χ0) is 27.6. The van der Waals surface area contributed by atoms with Gasteiger partial charge in [-0.15, -0.1) is 0 Å². The van der Waals surface area contributed by atoms with E-state index in [-0.39, 0.29) is 0 Å². The molecule has 0 N–H and O–H groups in total. The van der Waals surface area contributed by atoms with Gasteiger partial charge in [0, 0.05) is 32.9 Å². The van der Waals surface area contributed by atoms with E-state index in [0.29, 0.717) is 0 Å². The van der Waals surface area contributed by atoms with Gasteiger partial charge in [-0.2, -0.15) is 0 Å². The predicted octanol–water partition coefficient (Wildman–Crippen LogP) is 10.7. The minimum absolute atomic E-state index is 1.17. The fourth-order valence-electron chi connectivity index (χ4n) is 6.92. The van der Waals surface area contributed by atoms with Crippen LogP contribution in [0.3, 0.4) is 0 Å². The van der Waals surface area contributed by atoms with E-state index < -0.39 is 0 Å². The molecule has 0 saturated carbocycles. The molecule has 0 bridgehead atoms. The highest BCUT2D eigenvalue weighted by Gasteiger charge is 2.19. The van der Waals surface area contributed by atoms with Gasteiger partial charge in [0.25, 0.3) is 0 Å². The smallest absolute Gasteiger partial charge is 0.0553 e. The first-order valence-electron chi connectivity index (χ1n) is 14.5. The van der Waals surface area contributed by atoms with E-state index in [2.05, 4.69) is 167 Å². The number of fused-ring (bicyclic) bond motifs is 8. The Balaban J connectivity index is 1.41. The number of hydrogen-bond donors (Lipinski definition) is 0. The van der Waals surface area contributed by atoms with Crippen molar-refractivity contribution in [2.24, 2.45) is 0 Å². The third-order valence-corrected chi connectivity index (χ3v) is 8.69. The summed E-state index contributed by atoms with van der Waals surface area (Å²) >= 11 is 0. The van der Waals surface area contributed by atoms with E-state index in [0.717, 1.165) is 0 Å². The molecule has 7 aromatic carbocycles. The highest BCUT2D eigenvalue weighted by atomic mass is 15.0. The summed E-state index contributed by atoms with van der Waals surface area (Å²) in [6.07, 6.45) is 0. The average molecular weight is 535 g/mol. The van der Waals surface area contributed by atoms with Crippen molar-refractivity contribution in [1.82, 2.24) is 9.13 Å². The standard InChI is InChI=1S/C40H26N2/c1-3-13-28(14-4-1)41-36-21-11-9-18-31(36)32-24-23-27(25-38(32)41)35-26-39-40(33-19-8-7-17-30(33)35)34-20-10-12-22-37(34)42(39)29-15-5-2-6-16-29/h1-26H.